The normalized spacial score (nSPS) is 10.3. The van der Waals surface area contributed by atoms with Crippen LogP contribution in [0.4, 0.5) is 4.39 Å². The number of carbonyl (C=O) groups is 1. The Bertz CT molecular complexity index is 485. The third-order valence-electron chi connectivity index (χ3n) is 2.06. The van der Waals surface area contributed by atoms with Gasteiger partial charge in [0.25, 0.3) is 0 Å². The average molecular weight is 220 g/mol. The average Bonchev–Trinajstić information content (AvgIpc) is 2.65. The molecule has 0 radical (unpaired) electrons. The van der Waals surface area contributed by atoms with Gasteiger partial charge in [-0.2, -0.15) is 0 Å². The molecule has 0 saturated carbocycles. The standard InChI is InChI=1S/C12H9FOS/c1-8-6-11(15-7-8)12(14)9-2-4-10(13)5-3-9/h2-7H,1H3. The Kier molecular flexibility index (Phi) is 2.64. The summed E-state index contributed by atoms with van der Waals surface area (Å²) >= 11 is 1.41. The van der Waals surface area contributed by atoms with Crippen LogP contribution in [-0.4, -0.2) is 5.78 Å². The van der Waals surface area contributed by atoms with Crippen molar-refractivity contribution >= 4 is 17.1 Å². The number of thiophene rings is 1. The van der Waals surface area contributed by atoms with Crippen LogP contribution in [0, 0.1) is 12.7 Å². The molecule has 1 aromatic heterocycles. The lowest BCUT2D eigenvalue weighted by Gasteiger charge is -1.97. The lowest BCUT2D eigenvalue weighted by Crippen LogP contribution is -1.98. The maximum absolute atomic E-state index is 12.6. The van der Waals surface area contributed by atoms with E-state index in [1.165, 1.54) is 35.6 Å². The molecule has 0 fully saturated rings. The molecule has 76 valence electrons. The topological polar surface area (TPSA) is 17.1 Å². The molecule has 3 heteroatoms. The molecule has 2 rings (SSSR count). The van der Waals surface area contributed by atoms with E-state index in [9.17, 15) is 9.18 Å². The zero-order valence-corrected chi connectivity index (χ0v) is 8.98. The van der Waals surface area contributed by atoms with Crippen LogP contribution in [0.2, 0.25) is 0 Å². The summed E-state index contributed by atoms with van der Waals surface area (Å²) in [5, 5.41) is 1.93. The quantitative estimate of drug-likeness (QED) is 0.709. The second-order valence-electron chi connectivity index (χ2n) is 3.32. The van der Waals surface area contributed by atoms with Gasteiger partial charge in [-0.05, 0) is 48.2 Å². The Morgan fingerprint density at radius 1 is 1.27 bits per heavy atom. The predicted octanol–water partition coefficient (Wildman–Crippen LogP) is 3.43. The monoisotopic (exact) mass is 220 g/mol. The van der Waals surface area contributed by atoms with Crippen LogP contribution in [0.5, 0.6) is 0 Å². The fourth-order valence-corrected chi connectivity index (χ4v) is 2.15. The number of rotatable bonds is 2. The summed E-state index contributed by atoms with van der Waals surface area (Å²) in [5.41, 5.74) is 1.60. The van der Waals surface area contributed by atoms with Gasteiger partial charge in [-0.3, -0.25) is 4.79 Å². The van der Waals surface area contributed by atoms with E-state index in [1.807, 2.05) is 18.4 Å². The molecule has 0 amide bonds. The molecule has 1 heterocycles. The maximum Gasteiger partial charge on any atom is 0.202 e. The molecule has 0 atom stereocenters. The zero-order valence-electron chi connectivity index (χ0n) is 8.16. The summed E-state index contributed by atoms with van der Waals surface area (Å²) < 4.78 is 12.6. The van der Waals surface area contributed by atoms with Gasteiger partial charge in [0, 0.05) is 5.56 Å². The van der Waals surface area contributed by atoms with Gasteiger partial charge in [-0.15, -0.1) is 11.3 Å². The first kappa shape index (κ1) is 10.1. The molecule has 0 saturated heterocycles. The first-order valence-electron chi connectivity index (χ1n) is 4.52. The number of hydrogen-bond acceptors (Lipinski definition) is 2. The van der Waals surface area contributed by atoms with Gasteiger partial charge < -0.3 is 0 Å². The van der Waals surface area contributed by atoms with Crippen molar-refractivity contribution in [2.75, 3.05) is 0 Å². The first-order valence-corrected chi connectivity index (χ1v) is 5.40. The van der Waals surface area contributed by atoms with Crippen molar-refractivity contribution in [3.8, 4) is 0 Å². The zero-order chi connectivity index (χ0) is 10.8. The molecule has 0 aliphatic rings. The van der Waals surface area contributed by atoms with Gasteiger partial charge >= 0.3 is 0 Å². The minimum Gasteiger partial charge on any atom is -0.288 e. The lowest BCUT2D eigenvalue weighted by atomic mass is 10.1. The second kappa shape index (κ2) is 3.95. The van der Waals surface area contributed by atoms with Crippen molar-refractivity contribution < 1.29 is 9.18 Å². The SMILES string of the molecule is Cc1csc(C(=O)c2ccc(F)cc2)c1. The van der Waals surface area contributed by atoms with E-state index in [2.05, 4.69) is 0 Å². The molecule has 1 aromatic carbocycles. The van der Waals surface area contributed by atoms with Crippen molar-refractivity contribution in [3.63, 3.8) is 0 Å². The van der Waals surface area contributed by atoms with E-state index in [1.54, 1.807) is 0 Å². The Balaban J connectivity index is 2.32. The highest BCUT2D eigenvalue weighted by molar-refractivity contribution is 7.12. The third kappa shape index (κ3) is 2.13. The first-order chi connectivity index (χ1) is 7.16. The summed E-state index contributed by atoms with van der Waals surface area (Å²) in [6.07, 6.45) is 0. The number of halogens is 1. The Labute approximate surface area is 91.2 Å². The van der Waals surface area contributed by atoms with Crippen LogP contribution < -0.4 is 0 Å². The highest BCUT2D eigenvalue weighted by atomic mass is 32.1. The number of benzene rings is 1. The third-order valence-corrected chi connectivity index (χ3v) is 3.11. The number of aryl methyl sites for hydroxylation is 1. The van der Waals surface area contributed by atoms with Gasteiger partial charge in [0.1, 0.15) is 5.82 Å². The summed E-state index contributed by atoms with van der Waals surface area (Å²) in [5.74, 6) is -0.373. The van der Waals surface area contributed by atoms with Crippen LogP contribution in [-0.2, 0) is 0 Å². The van der Waals surface area contributed by atoms with E-state index in [0.717, 1.165) is 5.56 Å². The molecule has 15 heavy (non-hydrogen) atoms. The van der Waals surface area contributed by atoms with E-state index >= 15 is 0 Å². The van der Waals surface area contributed by atoms with E-state index in [0.29, 0.717) is 10.4 Å². The molecule has 2 aromatic rings. The fraction of sp³-hybridized carbons (Fsp3) is 0.0833. The molecular formula is C12H9FOS. The van der Waals surface area contributed by atoms with Gasteiger partial charge in [-0.25, -0.2) is 4.39 Å². The van der Waals surface area contributed by atoms with Crippen LogP contribution >= 0.6 is 11.3 Å². The van der Waals surface area contributed by atoms with E-state index < -0.39 is 0 Å². The molecule has 0 bridgehead atoms. The van der Waals surface area contributed by atoms with Gasteiger partial charge in [-0.1, -0.05) is 0 Å². The summed E-state index contributed by atoms with van der Waals surface area (Å²) in [6, 6.07) is 7.46. The van der Waals surface area contributed by atoms with Crippen molar-refractivity contribution in [2.24, 2.45) is 0 Å². The molecule has 0 aliphatic heterocycles. The largest absolute Gasteiger partial charge is 0.288 e. The Morgan fingerprint density at radius 3 is 2.47 bits per heavy atom. The number of ketones is 1. The summed E-state index contributed by atoms with van der Waals surface area (Å²) in [4.78, 5) is 12.6. The highest BCUT2D eigenvalue weighted by Gasteiger charge is 2.10. The lowest BCUT2D eigenvalue weighted by molar-refractivity contribution is 0.104. The van der Waals surface area contributed by atoms with Gasteiger partial charge in [0.05, 0.1) is 4.88 Å². The second-order valence-corrected chi connectivity index (χ2v) is 4.24. The predicted molar refractivity (Wildman–Crippen MR) is 58.9 cm³/mol. The number of carbonyl (C=O) groups excluding carboxylic acids is 1. The van der Waals surface area contributed by atoms with Crippen LogP contribution in [0.15, 0.2) is 35.7 Å². The number of hydrogen-bond donors (Lipinski definition) is 0. The van der Waals surface area contributed by atoms with Crippen molar-refractivity contribution in [3.05, 3.63) is 57.5 Å². The van der Waals surface area contributed by atoms with Crippen LogP contribution in [0.3, 0.4) is 0 Å². The fourth-order valence-electron chi connectivity index (χ4n) is 1.29. The van der Waals surface area contributed by atoms with Gasteiger partial charge in [0.15, 0.2) is 0 Å². The van der Waals surface area contributed by atoms with Crippen molar-refractivity contribution in [1.82, 2.24) is 0 Å². The van der Waals surface area contributed by atoms with Crippen molar-refractivity contribution in [2.45, 2.75) is 6.92 Å². The molecular weight excluding hydrogens is 211 g/mol. The molecule has 0 aliphatic carbocycles. The summed E-state index contributed by atoms with van der Waals surface area (Å²) in [6.45, 7) is 1.94. The van der Waals surface area contributed by atoms with E-state index in [4.69, 9.17) is 0 Å². The van der Waals surface area contributed by atoms with Crippen LogP contribution in [0.1, 0.15) is 20.8 Å². The minimum atomic E-state index is -0.325. The van der Waals surface area contributed by atoms with Crippen LogP contribution in [0.25, 0.3) is 0 Å². The summed E-state index contributed by atoms with van der Waals surface area (Å²) in [7, 11) is 0. The molecule has 0 unspecified atom stereocenters. The Hall–Kier alpha value is -1.48. The molecule has 1 nitrogen and oxygen atoms in total. The van der Waals surface area contributed by atoms with Crippen molar-refractivity contribution in [1.29, 1.82) is 0 Å². The molecule has 0 N–H and O–H groups in total. The highest BCUT2D eigenvalue weighted by Crippen LogP contribution is 2.18. The van der Waals surface area contributed by atoms with Gasteiger partial charge in [0.2, 0.25) is 5.78 Å². The smallest absolute Gasteiger partial charge is 0.202 e. The Morgan fingerprint density at radius 2 is 1.93 bits per heavy atom. The maximum atomic E-state index is 12.6. The van der Waals surface area contributed by atoms with E-state index in [-0.39, 0.29) is 11.6 Å². The minimum absolute atomic E-state index is 0.0481. The molecule has 0 spiro atoms.